The zero-order valence-electron chi connectivity index (χ0n) is 7.24. The van der Waals surface area contributed by atoms with Crippen LogP contribution in [-0.4, -0.2) is 23.8 Å². The Kier molecular flexibility index (Phi) is 2.48. The smallest absolute Gasteiger partial charge is 0.0892 e. The largest absolute Gasteiger partial charge is 0.297 e. The van der Waals surface area contributed by atoms with Gasteiger partial charge in [0.2, 0.25) is 0 Å². The molecule has 0 aromatic carbocycles. The van der Waals surface area contributed by atoms with Crippen LogP contribution in [0.15, 0.2) is 0 Å². The van der Waals surface area contributed by atoms with Crippen LogP contribution in [0.4, 0.5) is 0 Å². The highest BCUT2D eigenvalue weighted by atomic mass is 16.7. The molecule has 1 fully saturated rings. The standard InChI is InChI=1S/C8H14N2O/c1-6(2)10-7(3)8(4-9)5-11-10/h6-8H,5H2,1-3H3. The summed E-state index contributed by atoms with van der Waals surface area (Å²) in [6, 6.07) is 2.83. The van der Waals surface area contributed by atoms with Gasteiger partial charge < -0.3 is 0 Å². The fourth-order valence-electron chi connectivity index (χ4n) is 1.37. The number of nitriles is 1. The minimum absolute atomic E-state index is 0.0393. The maximum Gasteiger partial charge on any atom is 0.0892 e. The van der Waals surface area contributed by atoms with Gasteiger partial charge in [-0.05, 0) is 20.8 Å². The molecule has 2 atom stereocenters. The molecule has 1 rings (SSSR count). The summed E-state index contributed by atoms with van der Waals surface area (Å²) >= 11 is 0. The van der Waals surface area contributed by atoms with Crippen LogP contribution in [0.5, 0.6) is 0 Å². The minimum Gasteiger partial charge on any atom is -0.297 e. The van der Waals surface area contributed by atoms with Crippen molar-refractivity contribution in [2.45, 2.75) is 32.9 Å². The molecule has 0 amide bonds. The van der Waals surface area contributed by atoms with Crippen molar-refractivity contribution >= 4 is 0 Å². The number of hydroxylamine groups is 2. The number of hydrogen-bond acceptors (Lipinski definition) is 3. The summed E-state index contributed by atoms with van der Waals surface area (Å²) in [5.74, 6) is 0.0393. The summed E-state index contributed by atoms with van der Waals surface area (Å²) in [6.45, 7) is 6.71. The molecule has 0 spiro atoms. The van der Waals surface area contributed by atoms with Crippen LogP contribution in [0.3, 0.4) is 0 Å². The van der Waals surface area contributed by atoms with E-state index in [2.05, 4.69) is 19.9 Å². The Bertz CT molecular complexity index is 173. The molecule has 62 valence electrons. The van der Waals surface area contributed by atoms with Crippen LogP contribution >= 0.6 is 0 Å². The maximum absolute atomic E-state index is 8.68. The highest BCUT2D eigenvalue weighted by Gasteiger charge is 2.33. The van der Waals surface area contributed by atoms with Crippen molar-refractivity contribution in [3.8, 4) is 6.07 Å². The first kappa shape index (κ1) is 8.51. The Morgan fingerprint density at radius 2 is 2.27 bits per heavy atom. The van der Waals surface area contributed by atoms with E-state index in [-0.39, 0.29) is 12.0 Å². The highest BCUT2D eigenvalue weighted by Crippen LogP contribution is 2.22. The van der Waals surface area contributed by atoms with Crippen LogP contribution in [-0.2, 0) is 4.84 Å². The third kappa shape index (κ3) is 1.52. The Balaban J connectivity index is 2.57. The van der Waals surface area contributed by atoms with Crippen LogP contribution in [0, 0.1) is 17.2 Å². The molecule has 1 aliphatic rings. The van der Waals surface area contributed by atoms with Gasteiger partial charge in [-0.3, -0.25) is 4.84 Å². The maximum atomic E-state index is 8.68. The predicted octanol–water partition coefficient (Wildman–Crippen LogP) is 1.17. The third-order valence-corrected chi connectivity index (χ3v) is 2.06. The number of rotatable bonds is 1. The second-order valence-electron chi connectivity index (χ2n) is 3.23. The first-order valence-corrected chi connectivity index (χ1v) is 3.97. The summed E-state index contributed by atoms with van der Waals surface area (Å²) in [5, 5.41) is 10.6. The van der Waals surface area contributed by atoms with Gasteiger partial charge in [0, 0.05) is 6.04 Å². The fourth-order valence-corrected chi connectivity index (χ4v) is 1.37. The first-order valence-electron chi connectivity index (χ1n) is 3.97. The fraction of sp³-hybridized carbons (Fsp3) is 0.875. The van der Waals surface area contributed by atoms with Crippen LogP contribution < -0.4 is 0 Å². The second kappa shape index (κ2) is 3.21. The quantitative estimate of drug-likeness (QED) is 0.569. The van der Waals surface area contributed by atoms with Gasteiger partial charge >= 0.3 is 0 Å². The summed E-state index contributed by atoms with van der Waals surface area (Å²) in [5.41, 5.74) is 0. The SMILES string of the molecule is CC(C)N1OCC(C#N)C1C. The van der Waals surface area contributed by atoms with Gasteiger partial charge in [-0.25, -0.2) is 0 Å². The molecule has 11 heavy (non-hydrogen) atoms. The molecule has 2 unspecified atom stereocenters. The molecular formula is C8H14N2O. The molecular weight excluding hydrogens is 140 g/mol. The summed E-state index contributed by atoms with van der Waals surface area (Å²) < 4.78 is 0. The van der Waals surface area contributed by atoms with Gasteiger partial charge in [0.05, 0.1) is 24.6 Å². The molecule has 0 aromatic rings. The Hall–Kier alpha value is -0.590. The monoisotopic (exact) mass is 154 g/mol. The molecule has 0 saturated carbocycles. The Morgan fingerprint density at radius 1 is 1.64 bits per heavy atom. The molecule has 3 nitrogen and oxygen atoms in total. The van der Waals surface area contributed by atoms with Crippen molar-refractivity contribution in [2.24, 2.45) is 5.92 Å². The molecule has 1 saturated heterocycles. The first-order chi connectivity index (χ1) is 5.16. The van der Waals surface area contributed by atoms with Crippen LogP contribution in [0.1, 0.15) is 20.8 Å². The van der Waals surface area contributed by atoms with Crippen molar-refractivity contribution in [3.63, 3.8) is 0 Å². The molecule has 1 aliphatic heterocycles. The van der Waals surface area contributed by atoms with E-state index in [0.717, 1.165) is 0 Å². The normalized spacial score (nSPS) is 32.6. The second-order valence-corrected chi connectivity index (χ2v) is 3.23. The third-order valence-electron chi connectivity index (χ3n) is 2.06. The van der Waals surface area contributed by atoms with Crippen molar-refractivity contribution in [3.05, 3.63) is 0 Å². The average molecular weight is 154 g/mol. The zero-order chi connectivity index (χ0) is 8.43. The summed E-state index contributed by atoms with van der Waals surface area (Å²) in [4.78, 5) is 5.34. The van der Waals surface area contributed by atoms with Crippen LogP contribution in [0.2, 0.25) is 0 Å². The van der Waals surface area contributed by atoms with Crippen molar-refractivity contribution in [1.82, 2.24) is 5.06 Å². The van der Waals surface area contributed by atoms with E-state index in [0.29, 0.717) is 12.6 Å². The molecule has 0 N–H and O–H groups in total. The summed E-state index contributed by atoms with van der Waals surface area (Å²) in [7, 11) is 0. The van der Waals surface area contributed by atoms with E-state index < -0.39 is 0 Å². The van der Waals surface area contributed by atoms with Crippen molar-refractivity contribution in [2.75, 3.05) is 6.61 Å². The molecule has 0 radical (unpaired) electrons. The Morgan fingerprint density at radius 3 is 2.55 bits per heavy atom. The lowest BCUT2D eigenvalue weighted by Gasteiger charge is -2.23. The van der Waals surface area contributed by atoms with E-state index >= 15 is 0 Å². The van der Waals surface area contributed by atoms with Gasteiger partial charge in [0.25, 0.3) is 0 Å². The molecule has 0 bridgehead atoms. The van der Waals surface area contributed by atoms with Crippen molar-refractivity contribution in [1.29, 1.82) is 5.26 Å². The van der Waals surface area contributed by atoms with Crippen LogP contribution in [0.25, 0.3) is 0 Å². The van der Waals surface area contributed by atoms with Gasteiger partial charge in [-0.15, -0.1) is 0 Å². The lowest BCUT2D eigenvalue weighted by atomic mass is 10.1. The van der Waals surface area contributed by atoms with E-state index in [9.17, 15) is 0 Å². The molecule has 0 aromatic heterocycles. The lowest BCUT2D eigenvalue weighted by molar-refractivity contribution is -0.150. The van der Waals surface area contributed by atoms with Gasteiger partial charge in [-0.1, -0.05) is 0 Å². The predicted molar refractivity (Wildman–Crippen MR) is 41.5 cm³/mol. The number of hydrogen-bond donors (Lipinski definition) is 0. The summed E-state index contributed by atoms with van der Waals surface area (Å²) in [6.07, 6.45) is 0. The molecule has 0 aliphatic carbocycles. The highest BCUT2D eigenvalue weighted by molar-refractivity contribution is 4.93. The molecule has 1 heterocycles. The van der Waals surface area contributed by atoms with Crippen molar-refractivity contribution < 1.29 is 4.84 Å². The lowest BCUT2D eigenvalue weighted by Crippen LogP contribution is -2.34. The van der Waals surface area contributed by atoms with E-state index in [1.54, 1.807) is 0 Å². The topological polar surface area (TPSA) is 36.3 Å². The minimum atomic E-state index is 0.0393. The van der Waals surface area contributed by atoms with E-state index in [1.165, 1.54) is 0 Å². The Labute approximate surface area is 67.5 Å². The average Bonchev–Trinajstić information content (AvgIpc) is 2.30. The van der Waals surface area contributed by atoms with Gasteiger partial charge in [0.1, 0.15) is 0 Å². The van der Waals surface area contributed by atoms with E-state index in [4.69, 9.17) is 10.1 Å². The van der Waals surface area contributed by atoms with E-state index in [1.807, 2.05) is 12.0 Å². The van der Waals surface area contributed by atoms with Gasteiger partial charge in [-0.2, -0.15) is 10.3 Å². The number of nitrogens with zero attached hydrogens (tertiary/aromatic N) is 2. The van der Waals surface area contributed by atoms with Gasteiger partial charge in [0.15, 0.2) is 0 Å². The zero-order valence-corrected chi connectivity index (χ0v) is 7.24. The molecule has 3 heteroatoms.